The van der Waals surface area contributed by atoms with Crippen molar-refractivity contribution in [1.29, 1.82) is 0 Å². The molecule has 0 fully saturated rings. The molecule has 9 heteroatoms. The minimum atomic E-state index is 0.202. The number of aryl methyl sites for hydroxylation is 1. The maximum absolute atomic E-state index is 5.62. The molecule has 3 aromatic rings. The second-order valence-electron chi connectivity index (χ2n) is 3.18. The number of nitrogen functional groups attached to an aromatic ring is 1. The first kappa shape index (κ1) is 10.4. The number of anilines is 1. The summed E-state index contributed by atoms with van der Waals surface area (Å²) in [5, 5.41) is 9.60. The normalized spacial score (nSPS) is 11.1. The van der Waals surface area contributed by atoms with Crippen molar-refractivity contribution in [2.75, 3.05) is 5.73 Å². The van der Waals surface area contributed by atoms with Crippen molar-refractivity contribution >= 4 is 40.2 Å². The third kappa shape index (κ3) is 1.94. The van der Waals surface area contributed by atoms with Crippen molar-refractivity contribution < 1.29 is 0 Å². The fourth-order valence-corrected chi connectivity index (χ4v) is 3.12. The predicted molar refractivity (Wildman–Crippen MR) is 64.9 cm³/mol. The van der Waals surface area contributed by atoms with Gasteiger partial charge in [0.25, 0.3) is 0 Å². The molecule has 7 nitrogen and oxygen atoms in total. The Balaban J connectivity index is 2.07. The number of nitrogens with zero attached hydrogens (tertiary/aromatic N) is 5. The van der Waals surface area contributed by atoms with Gasteiger partial charge >= 0.3 is 0 Å². The number of nitrogens with one attached hydrogen (secondary N) is 1. The van der Waals surface area contributed by atoms with Crippen LogP contribution in [0, 0.1) is 6.92 Å². The Labute approximate surface area is 104 Å². The van der Waals surface area contributed by atoms with Gasteiger partial charge in [0.15, 0.2) is 9.99 Å². The summed E-state index contributed by atoms with van der Waals surface area (Å²) in [4.78, 5) is 15.2. The van der Waals surface area contributed by atoms with E-state index in [1.165, 1.54) is 23.1 Å². The molecule has 0 aliphatic heterocycles. The zero-order valence-electron chi connectivity index (χ0n) is 8.71. The van der Waals surface area contributed by atoms with Gasteiger partial charge in [-0.1, -0.05) is 11.3 Å². The Hall–Kier alpha value is -1.74. The minimum absolute atomic E-state index is 0.202. The highest BCUT2D eigenvalue weighted by Crippen LogP contribution is 2.32. The van der Waals surface area contributed by atoms with E-state index in [1.807, 2.05) is 6.92 Å². The quantitative estimate of drug-likeness (QED) is 0.671. The largest absolute Gasteiger partial charge is 0.368 e. The van der Waals surface area contributed by atoms with Crippen molar-refractivity contribution in [3.8, 4) is 0 Å². The number of imidazole rings is 1. The van der Waals surface area contributed by atoms with Gasteiger partial charge in [0, 0.05) is 0 Å². The molecule has 86 valence electrons. The SMILES string of the molecule is Cc1nnc(Sc2nc(N)nc3nc[nH]c23)s1. The van der Waals surface area contributed by atoms with Crippen molar-refractivity contribution in [3.05, 3.63) is 11.3 Å². The van der Waals surface area contributed by atoms with Crippen LogP contribution in [0.15, 0.2) is 15.7 Å². The van der Waals surface area contributed by atoms with Gasteiger partial charge in [-0.05, 0) is 18.7 Å². The molecule has 3 N–H and O–H groups in total. The van der Waals surface area contributed by atoms with Crippen LogP contribution in [0.1, 0.15) is 5.01 Å². The Morgan fingerprint density at radius 2 is 2.24 bits per heavy atom. The molecule has 0 aliphatic rings. The number of aromatic nitrogens is 6. The van der Waals surface area contributed by atoms with Crippen molar-refractivity contribution in [2.24, 2.45) is 0 Å². The molecule has 0 unspecified atom stereocenters. The molecule has 0 radical (unpaired) electrons. The predicted octanol–water partition coefficient (Wildman–Crippen LogP) is 1.25. The van der Waals surface area contributed by atoms with Gasteiger partial charge in [0.1, 0.15) is 15.6 Å². The van der Waals surface area contributed by atoms with Gasteiger partial charge in [-0.15, -0.1) is 10.2 Å². The summed E-state index contributed by atoms with van der Waals surface area (Å²) in [6.45, 7) is 1.90. The fraction of sp³-hybridized carbons (Fsp3) is 0.125. The molecule has 0 bridgehead atoms. The molecular formula is C8H7N7S2. The summed E-state index contributed by atoms with van der Waals surface area (Å²) < 4.78 is 0.816. The van der Waals surface area contributed by atoms with Gasteiger partial charge in [0.05, 0.1) is 6.33 Å². The molecular weight excluding hydrogens is 258 g/mol. The van der Waals surface area contributed by atoms with Crippen LogP contribution in [0.2, 0.25) is 0 Å². The van der Waals surface area contributed by atoms with Gasteiger partial charge in [-0.3, -0.25) is 0 Å². The summed E-state index contributed by atoms with van der Waals surface area (Å²) in [7, 11) is 0. The summed E-state index contributed by atoms with van der Waals surface area (Å²) in [5.41, 5.74) is 6.94. The van der Waals surface area contributed by atoms with Crippen molar-refractivity contribution in [1.82, 2.24) is 30.1 Å². The van der Waals surface area contributed by atoms with E-state index in [4.69, 9.17) is 5.73 Å². The summed E-state index contributed by atoms with van der Waals surface area (Å²) in [5.74, 6) is 0.202. The summed E-state index contributed by atoms with van der Waals surface area (Å²) in [6, 6.07) is 0. The van der Waals surface area contributed by atoms with E-state index in [2.05, 4.69) is 30.1 Å². The Bertz CT molecular complexity index is 673. The standard InChI is InChI=1S/C8H7N7S2/c1-3-14-15-8(16-3)17-6-4-5(11-2-10-4)12-7(9)13-6/h2H,1H3,(H3,9,10,11,12,13). The highest BCUT2D eigenvalue weighted by atomic mass is 32.2. The van der Waals surface area contributed by atoms with Crippen molar-refractivity contribution in [2.45, 2.75) is 16.3 Å². The first-order valence-electron chi connectivity index (χ1n) is 4.67. The number of hydrogen-bond acceptors (Lipinski definition) is 8. The second-order valence-corrected chi connectivity index (χ2v) is 5.59. The molecule has 0 amide bonds. The van der Waals surface area contributed by atoms with Gasteiger partial charge in [0.2, 0.25) is 5.95 Å². The number of aromatic amines is 1. The number of hydrogen-bond donors (Lipinski definition) is 2. The third-order valence-electron chi connectivity index (χ3n) is 1.96. The fourth-order valence-electron chi connectivity index (χ4n) is 1.30. The molecule has 3 rings (SSSR count). The molecule has 0 aromatic carbocycles. The molecule has 0 saturated heterocycles. The van der Waals surface area contributed by atoms with Crippen LogP contribution in [-0.4, -0.2) is 30.1 Å². The Morgan fingerprint density at radius 3 is 3.00 bits per heavy atom. The first-order chi connectivity index (χ1) is 8.22. The molecule has 3 aromatic heterocycles. The molecule has 0 saturated carbocycles. The zero-order chi connectivity index (χ0) is 11.8. The number of fused-ring (bicyclic) bond motifs is 1. The lowest BCUT2D eigenvalue weighted by Gasteiger charge is -1.99. The van der Waals surface area contributed by atoms with E-state index in [-0.39, 0.29) is 5.95 Å². The van der Waals surface area contributed by atoms with E-state index in [0.717, 1.165) is 14.9 Å². The van der Waals surface area contributed by atoms with Gasteiger partial charge in [-0.2, -0.15) is 4.98 Å². The molecule has 0 spiro atoms. The van der Waals surface area contributed by atoms with Gasteiger partial charge < -0.3 is 10.7 Å². The van der Waals surface area contributed by atoms with Crippen LogP contribution in [0.4, 0.5) is 5.95 Å². The smallest absolute Gasteiger partial charge is 0.223 e. The van der Waals surface area contributed by atoms with Crippen LogP contribution >= 0.6 is 23.1 Å². The molecule has 3 heterocycles. The molecule has 0 aliphatic carbocycles. The van der Waals surface area contributed by atoms with E-state index < -0.39 is 0 Å². The lowest BCUT2D eigenvalue weighted by atomic mass is 10.5. The highest BCUT2D eigenvalue weighted by Gasteiger charge is 2.12. The Kier molecular flexibility index (Phi) is 2.41. The van der Waals surface area contributed by atoms with Crippen LogP contribution in [-0.2, 0) is 0 Å². The van der Waals surface area contributed by atoms with Crippen LogP contribution < -0.4 is 5.73 Å². The monoisotopic (exact) mass is 265 g/mol. The van der Waals surface area contributed by atoms with Crippen molar-refractivity contribution in [3.63, 3.8) is 0 Å². The second kappa shape index (κ2) is 3.93. The van der Waals surface area contributed by atoms with E-state index in [9.17, 15) is 0 Å². The van der Waals surface area contributed by atoms with E-state index in [1.54, 1.807) is 6.33 Å². The van der Waals surface area contributed by atoms with E-state index >= 15 is 0 Å². The summed E-state index contributed by atoms with van der Waals surface area (Å²) in [6.07, 6.45) is 1.56. The zero-order valence-corrected chi connectivity index (χ0v) is 10.3. The van der Waals surface area contributed by atoms with Crippen LogP contribution in [0.3, 0.4) is 0 Å². The average Bonchev–Trinajstić information content (AvgIpc) is 2.87. The Morgan fingerprint density at radius 1 is 1.35 bits per heavy atom. The number of rotatable bonds is 2. The highest BCUT2D eigenvalue weighted by molar-refractivity contribution is 8.01. The average molecular weight is 265 g/mol. The van der Waals surface area contributed by atoms with Gasteiger partial charge in [-0.25, -0.2) is 9.97 Å². The number of H-pyrrole nitrogens is 1. The minimum Gasteiger partial charge on any atom is -0.368 e. The van der Waals surface area contributed by atoms with Crippen LogP contribution in [0.25, 0.3) is 11.2 Å². The maximum Gasteiger partial charge on any atom is 0.223 e. The first-order valence-corrected chi connectivity index (χ1v) is 6.30. The lowest BCUT2D eigenvalue weighted by Crippen LogP contribution is -1.96. The summed E-state index contributed by atoms with van der Waals surface area (Å²) >= 11 is 2.90. The number of nitrogens with two attached hydrogens (primary N) is 1. The topological polar surface area (TPSA) is 106 Å². The van der Waals surface area contributed by atoms with E-state index in [0.29, 0.717) is 10.7 Å². The maximum atomic E-state index is 5.62. The molecule has 17 heavy (non-hydrogen) atoms. The van der Waals surface area contributed by atoms with Crippen LogP contribution in [0.5, 0.6) is 0 Å². The lowest BCUT2D eigenvalue weighted by molar-refractivity contribution is 0.980. The molecule has 0 atom stereocenters. The third-order valence-corrected chi connectivity index (χ3v) is 3.84.